The number of benzene rings is 2. The highest BCUT2D eigenvalue weighted by Gasteiger charge is 2.16. The number of pyridine rings is 1. The van der Waals surface area contributed by atoms with Crippen LogP contribution in [-0.2, 0) is 11.2 Å². The standard InChI is InChI=1S/C28H30FNO4/c29-23-17-15-21(16-18-23)10-4-3-9-19-34-28-24(20-22-11-7-8-12-25(22)30-28)26(31)13-5-1-2-6-14-27(32)33/h7-8,11-12,15-18,20,26,31H,2-4,6,9-10,13-14,19H2,(H,32,33). The molecule has 0 saturated carbocycles. The van der Waals surface area contributed by atoms with Gasteiger partial charge in [-0.05, 0) is 61.9 Å². The van der Waals surface area contributed by atoms with Crippen LogP contribution >= 0.6 is 0 Å². The predicted molar refractivity (Wildman–Crippen MR) is 130 cm³/mol. The molecule has 1 aromatic heterocycles. The minimum absolute atomic E-state index is 0.0910. The van der Waals surface area contributed by atoms with Gasteiger partial charge in [0.05, 0.1) is 18.2 Å². The molecule has 2 aromatic carbocycles. The number of halogens is 1. The summed E-state index contributed by atoms with van der Waals surface area (Å²) in [6, 6.07) is 16.2. The Morgan fingerprint density at radius 1 is 1.03 bits per heavy atom. The third-order valence-corrected chi connectivity index (χ3v) is 5.45. The van der Waals surface area contributed by atoms with Crippen LogP contribution < -0.4 is 4.74 Å². The van der Waals surface area contributed by atoms with Crippen LogP contribution in [0.2, 0.25) is 0 Å². The SMILES string of the molecule is O=C(O)CCCC#CCC(O)c1cc2ccccc2nc1OCCCCCc1ccc(F)cc1. The van der Waals surface area contributed by atoms with E-state index < -0.39 is 12.1 Å². The van der Waals surface area contributed by atoms with Crippen molar-refractivity contribution in [2.75, 3.05) is 6.61 Å². The summed E-state index contributed by atoms with van der Waals surface area (Å²) in [6.45, 7) is 0.481. The van der Waals surface area contributed by atoms with Gasteiger partial charge in [0.2, 0.25) is 5.88 Å². The number of hydrogen-bond acceptors (Lipinski definition) is 4. The Morgan fingerprint density at radius 3 is 2.62 bits per heavy atom. The first kappa shape index (κ1) is 25.2. The fraction of sp³-hybridized carbons (Fsp3) is 0.357. The van der Waals surface area contributed by atoms with Crippen LogP contribution in [0.25, 0.3) is 10.9 Å². The molecule has 34 heavy (non-hydrogen) atoms. The summed E-state index contributed by atoms with van der Waals surface area (Å²) in [6.07, 6.45) is 4.12. The minimum Gasteiger partial charge on any atom is -0.481 e. The lowest BCUT2D eigenvalue weighted by Crippen LogP contribution is -2.06. The molecular weight excluding hydrogens is 433 g/mol. The number of aromatic nitrogens is 1. The summed E-state index contributed by atoms with van der Waals surface area (Å²) in [4.78, 5) is 15.2. The van der Waals surface area contributed by atoms with Crippen LogP contribution in [0.1, 0.15) is 62.2 Å². The zero-order chi connectivity index (χ0) is 24.2. The molecule has 1 heterocycles. The van der Waals surface area contributed by atoms with Gasteiger partial charge in [0.25, 0.3) is 0 Å². The molecule has 178 valence electrons. The Kier molecular flexibility index (Phi) is 9.87. The van der Waals surface area contributed by atoms with Crippen LogP contribution in [0.15, 0.2) is 54.6 Å². The first-order valence-electron chi connectivity index (χ1n) is 11.7. The van der Waals surface area contributed by atoms with Crippen LogP contribution in [0.3, 0.4) is 0 Å². The molecule has 2 N–H and O–H groups in total. The van der Waals surface area contributed by atoms with Gasteiger partial charge >= 0.3 is 5.97 Å². The lowest BCUT2D eigenvalue weighted by Gasteiger charge is -2.15. The number of ether oxygens (including phenoxy) is 1. The van der Waals surface area contributed by atoms with Crippen molar-refractivity contribution < 1.29 is 24.1 Å². The summed E-state index contributed by atoms with van der Waals surface area (Å²) in [7, 11) is 0. The van der Waals surface area contributed by atoms with Crippen molar-refractivity contribution in [1.29, 1.82) is 0 Å². The van der Waals surface area contributed by atoms with Gasteiger partial charge in [0, 0.05) is 30.2 Å². The Labute approximate surface area is 199 Å². The molecule has 6 heteroatoms. The van der Waals surface area contributed by atoms with Crippen LogP contribution in [0.5, 0.6) is 5.88 Å². The molecule has 0 bridgehead atoms. The van der Waals surface area contributed by atoms with Gasteiger partial charge in [-0.15, -0.1) is 11.8 Å². The van der Waals surface area contributed by atoms with Gasteiger partial charge in [-0.3, -0.25) is 4.79 Å². The number of nitrogens with zero attached hydrogens (tertiary/aromatic N) is 1. The number of fused-ring (bicyclic) bond motifs is 1. The van der Waals surface area contributed by atoms with Crippen molar-refractivity contribution >= 4 is 16.9 Å². The van der Waals surface area contributed by atoms with E-state index in [1.54, 1.807) is 0 Å². The number of carboxylic acid groups (broad SMARTS) is 1. The fourth-order valence-electron chi connectivity index (χ4n) is 3.59. The predicted octanol–water partition coefficient (Wildman–Crippen LogP) is 5.85. The maximum absolute atomic E-state index is 13.0. The zero-order valence-electron chi connectivity index (χ0n) is 19.2. The van der Waals surface area contributed by atoms with Gasteiger partial charge in [-0.25, -0.2) is 9.37 Å². The number of aliphatic carboxylic acids is 1. The normalized spacial score (nSPS) is 11.6. The van der Waals surface area contributed by atoms with Gasteiger partial charge in [0.1, 0.15) is 5.82 Å². The minimum atomic E-state index is -0.849. The maximum atomic E-state index is 13.0. The smallest absolute Gasteiger partial charge is 0.303 e. The third-order valence-electron chi connectivity index (χ3n) is 5.45. The van der Waals surface area contributed by atoms with E-state index in [1.807, 2.05) is 42.5 Å². The molecule has 1 unspecified atom stereocenters. The number of aliphatic hydroxyl groups is 1. The number of rotatable bonds is 12. The van der Waals surface area contributed by atoms with Crippen molar-refractivity contribution in [2.24, 2.45) is 0 Å². The number of aryl methyl sites for hydroxylation is 1. The van der Waals surface area contributed by atoms with E-state index >= 15 is 0 Å². The second kappa shape index (κ2) is 13.3. The number of carboxylic acids is 1. The first-order valence-corrected chi connectivity index (χ1v) is 11.7. The molecule has 3 aromatic rings. The van der Waals surface area contributed by atoms with Gasteiger partial charge in [0.15, 0.2) is 0 Å². The number of hydrogen-bond donors (Lipinski definition) is 2. The van der Waals surface area contributed by atoms with Gasteiger partial charge < -0.3 is 14.9 Å². The monoisotopic (exact) mass is 463 g/mol. The van der Waals surface area contributed by atoms with Crippen molar-refractivity contribution in [1.82, 2.24) is 4.98 Å². The van der Waals surface area contributed by atoms with Gasteiger partial charge in [-0.1, -0.05) is 30.3 Å². The van der Waals surface area contributed by atoms with E-state index in [2.05, 4.69) is 16.8 Å². The summed E-state index contributed by atoms with van der Waals surface area (Å²) in [5, 5.41) is 20.3. The van der Waals surface area contributed by atoms with E-state index in [4.69, 9.17) is 9.84 Å². The van der Waals surface area contributed by atoms with Crippen molar-refractivity contribution in [3.63, 3.8) is 0 Å². The summed E-state index contributed by atoms with van der Waals surface area (Å²) in [5.41, 5.74) is 2.52. The van der Waals surface area contributed by atoms with E-state index in [-0.39, 0.29) is 18.7 Å². The Morgan fingerprint density at radius 2 is 1.82 bits per heavy atom. The third kappa shape index (κ3) is 8.17. The molecule has 0 amide bonds. The maximum Gasteiger partial charge on any atom is 0.303 e. The van der Waals surface area contributed by atoms with E-state index in [0.29, 0.717) is 30.9 Å². The molecular formula is C28H30FNO4. The highest BCUT2D eigenvalue weighted by molar-refractivity contribution is 5.80. The Balaban J connectivity index is 1.55. The number of para-hydroxylation sites is 1. The van der Waals surface area contributed by atoms with Crippen molar-refractivity contribution in [2.45, 2.75) is 57.5 Å². The molecule has 0 fully saturated rings. The highest BCUT2D eigenvalue weighted by Crippen LogP contribution is 2.29. The summed E-state index contributed by atoms with van der Waals surface area (Å²) < 4.78 is 19.0. The zero-order valence-corrected chi connectivity index (χ0v) is 19.2. The topological polar surface area (TPSA) is 79.7 Å². The number of unbranched alkanes of at least 4 members (excludes halogenated alkanes) is 3. The van der Waals surface area contributed by atoms with E-state index in [9.17, 15) is 14.3 Å². The second-order valence-corrected chi connectivity index (χ2v) is 8.18. The quantitative estimate of drug-likeness (QED) is 0.260. The summed E-state index contributed by atoms with van der Waals surface area (Å²) in [5.74, 6) is 5.22. The molecule has 0 saturated heterocycles. The first-order chi connectivity index (χ1) is 16.5. The molecule has 5 nitrogen and oxygen atoms in total. The number of carbonyl (C=O) groups is 1. The summed E-state index contributed by atoms with van der Waals surface area (Å²) >= 11 is 0. The van der Waals surface area contributed by atoms with Crippen molar-refractivity contribution in [3.8, 4) is 17.7 Å². The lowest BCUT2D eigenvalue weighted by atomic mass is 10.1. The van der Waals surface area contributed by atoms with Crippen LogP contribution in [-0.4, -0.2) is 27.8 Å². The Bertz CT molecular complexity index is 1130. The molecule has 0 aliphatic carbocycles. The number of aliphatic hydroxyl groups excluding tert-OH is 1. The average molecular weight is 464 g/mol. The van der Waals surface area contributed by atoms with Crippen LogP contribution in [0, 0.1) is 17.7 Å². The van der Waals surface area contributed by atoms with Crippen molar-refractivity contribution in [3.05, 3.63) is 71.5 Å². The molecule has 3 rings (SSSR count). The molecule has 0 aliphatic rings. The Hall–Kier alpha value is -3.43. The largest absolute Gasteiger partial charge is 0.481 e. The fourth-order valence-corrected chi connectivity index (χ4v) is 3.59. The molecule has 0 spiro atoms. The van der Waals surface area contributed by atoms with Crippen LogP contribution in [0.4, 0.5) is 4.39 Å². The second-order valence-electron chi connectivity index (χ2n) is 8.18. The molecule has 1 atom stereocenters. The van der Waals surface area contributed by atoms with E-state index in [1.165, 1.54) is 12.1 Å². The van der Waals surface area contributed by atoms with E-state index in [0.717, 1.165) is 42.1 Å². The van der Waals surface area contributed by atoms with Gasteiger partial charge in [-0.2, -0.15) is 0 Å². The highest BCUT2D eigenvalue weighted by atomic mass is 19.1. The lowest BCUT2D eigenvalue weighted by molar-refractivity contribution is -0.137. The molecule has 0 aliphatic heterocycles. The molecule has 0 radical (unpaired) electrons. The average Bonchev–Trinajstić information content (AvgIpc) is 2.83.